The smallest absolute Gasteiger partial charge is 0.122 e. The van der Waals surface area contributed by atoms with E-state index in [1.807, 2.05) is 38.4 Å². The molecule has 0 saturated carbocycles. The van der Waals surface area contributed by atoms with Crippen LogP contribution in [0.3, 0.4) is 0 Å². The SMILES string of the molecule is CNCc1cn(CCOc2ccc(Cl)cc2C)nn1. The fourth-order valence-electron chi connectivity index (χ4n) is 1.73. The first-order valence-corrected chi connectivity index (χ1v) is 6.49. The monoisotopic (exact) mass is 280 g/mol. The summed E-state index contributed by atoms with van der Waals surface area (Å²) in [5.41, 5.74) is 1.95. The molecule has 0 unspecified atom stereocenters. The van der Waals surface area contributed by atoms with Crippen LogP contribution in [0.4, 0.5) is 0 Å². The van der Waals surface area contributed by atoms with Crippen molar-refractivity contribution < 1.29 is 4.74 Å². The van der Waals surface area contributed by atoms with Crippen molar-refractivity contribution in [2.24, 2.45) is 0 Å². The van der Waals surface area contributed by atoms with Gasteiger partial charge in [0.15, 0.2) is 0 Å². The highest BCUT2D eigenvalue weighted by Crippen LogP contribution is 2.21. The number of hydrogen-bond donors (Lipinski definition) is 1. The van der Waals surface area contributed by atoms with Gasteiger partial charge in [0.25, 0.3) is 0 Å². The average Bonchev–Trinajstić information content (AvgIpc) is 2.80. The van der Waals surface area contributed by atoms with Gasteiger partial charge in [0.2, 0.25) is 0 Å². The maximum absolute atomic E-state index is 5.90. The third kappa shape index (κ3) is 3.94. The van der Waals surface area contributed by atoms with Gasteiger partial charge in [0, 0.05) is 17.8 Å². The Bertz CT molecular complexity index is 541. The van der Waals surface area contributed by atoms with Crippen LogP contribution in [0, 0.1) is 6.92 Å². The Hall–Kier alpha value is -1.59. The van der Waals surface area contributed by atoms with Crippen molar-refractivity contribution in [3.05, 3.63) is 40.7 Å². The molecule has 0 aliphatic rings. The van der Waals surface area contributed by atoms with E-state index in [0.717, 1.165) is 28.6 Å². The molecule has 0 aliphatic heterocycles. The second-order valence-electron chi connectivity index (χ2n) is 4.26. The van der Waals surface area contributed by atoms with Gasteiger partial charge in [-0.15, -0.1) is 5.10 Å². The lowest BCUT2D eigenvalue weighted by Crippen LogP contribution is -2.09. The molecule has 6 heteroatoms. The molecule has 0 amide bonds. The minimum Gasteiger partial charge on any atom is -0.491 e. The standard InChI is InChI=1S/C13H17ClN4O/c1-10-7-11(14)3-4-13(10)19-6-5-18-9-12(8-15-2)16-17-18/h3-4,7,9,15H,5-6,8H2,1-2H3. The van der Waals surface area contributed by atoms with E-state index in [9.17, 15) is 0 Å². The van der Waals surface area contributed by atoms with Gasteiger partial charge >= 0.3 is 0 Å². The Morgan fingerprint density at radius 2 is 2.26 bits per heavy atom. The number of benzene rings is 1. The Kier molecular flexibility index (Phi) is 4.76. The van der Waals surface area contributed by atoms with Crippen molar-refractivity contribution in [1.29, 1.82) is 0 Å². The number of rotatable bonds is 6. The Labute approximate surface area is 117 Å². The van der Waals surface area contributed by atoms with Crippen LogP contribution < -0.4 is 10.1 Å². The van der Waals surface area contributed by atoms with E-state index >= 15 is 0 Å². The van der Waals surface area contributed by atoms with Crippen LogP contribution in [0.1, 0.15) is 11.3 Å². The Morgan fingerprint density at radius 1 is 1.42 bits per heavy atom. The summed E-state index contributed by atoms with van der Waals surface area (Å²) in [6.07, 6.45) is 1.91. The van der Waals surface area contributed by atoms with Crippen LogP contribution in [0.15, 0.2) is 24.4 Å². The van der Waals surface area contributed by atoms with Crippen molar-refractivity contribution in [2.45, 2.75) is 20.0 Å². The molecular formula is C13H17ClN4O. The van der Waals surface area contributed by atoms with E-state index in [-0.39, 0.29) is 0 Å². The van der Waals surface area contributed by atoms with Gasteiger partial charge in [-0.25, -0.2) is 4.68 Å². The molecule has 19 heavy (non-hydrogen) atoms. The van der Waals surface area contributed by atoms with Gasteiger partial charge in [-0.2, -0.15) is 0 Å². The van der Waals surface area contributed by atoms with Crippen molar-refractivity contribution in [3.63, 3.8) is 0 Å². The number of aromatic nitrogens is 3. The summed E-state index contributed by atoms with van der Waals surface area (Å²) < 4.78 is 7.48. The van der Waals surface area contributed by atoms with E-state index in [0.29, 0.717) is 13.2 Å². The molecule has 2 aromatic rings. The molecule has 0 fully saturated rings. The van der Waals surface area contributed by atoms with Gasteiger partial charge in [0.1, 0.15) is 12.4 Å². The molecule has 0 radical (unpaired) electrons. The molecule has 0 aliphatic carbocycles. The van der Waals surface area contributed by atoms with Gasteiger partial charge < -0.3 is 10.1 Å². The quantitative estimate of drug-likeness (QED) is 0.880. The molecule has 0 bridgehead atoms. The molecule has 1 aromatic heterocycles. The fraction of sp³-hybridized carbons (Fsp3) is 0.385. The summed E-state index contributed by atoms with van der Waals surface area (Å²) in [6, 6.07) is 5.59. The van der Waals surface area contributed by atoms with Crippen LogP contribution in [-0.2, 0) is 13.1 Å². The fourth-order valence-corrected chi connectivity index (χ4v) is 1.96. The van der Waals surface area contributed by atoms with E-state index < -0.39 is 0 Å². The highest BCUT2D eigenvalue weighted by atomic mass is 35.5. The summed E-state index contributed by atoms with van der Waals surface area (Å²) in [4.78, 5) is 0. The average molecular weight is 281 g/mol. The molecule has 2 rings (SSSR count). The lowest BCUT2D eigenvalue weighted by atomic mass is 10.2. The minimum atomic E-state index is 0.546. The lowest BCUT2D eigenvalue weighted by Gasteiger charge is -2.08. The van der Waals surface area contributed by atoms with Gasteiger partial charge in [-0.3, -0.25) is 0 Å². The zero-order valence-electron chi connectivity index (χ0n) is 11.1. The number of ether oxygens (including phenoxy) is 1. The second kappa shape index (κ2) is 6.54. The van der Waals surface area contributed by atoms with Crippen LogP contribution in [0.2, 0.25) is 5.02 Å². The van der Waals surface area contributed by atoms with Crippen LogP contribution in [0.5, 0.6) is 5.75 Å². The molecule has 102 valence electrons. The third-order valence-electron chi connectivity index (χ3n) is 2.66. The largest absolute Gasteiger partial charge is 0.491 e. The third-order valence-corrected chi connectivity index (χ3v) is 2.89. The van der Waals surface area contributed by atoms with E-state index in [2.05, 4.69) is 15.6 Å². The van der Waals surface area contributed by atoms with Gasteiger partial charge in [-0.05, 0) is 37.7 Å². The van der Waals surface area contributed by atoms with Crippen molar-refractivity contribution in [3.8, 4) is 5.75 Å². The summed E-state index contributed by atoms with van der Waals surface area (Å²) in [7, 11) is 1.88. The van der Waals surface area contributed by atoms with Gasteiger partial charge in [-0.1, -0.05) is 16.8 Å². The maximum Gasteiger partial charge on any atom is 0.122 e. The van der Waals surface area contributed by atoms with Crippen LogP contribution >= 0.6 is 11.6 Å². The summed E-state index contributed by atoms with van der Waals surface area (Å²) in [5.74, 6) is 0.847. The molecule has 0 atom stereocenters. The Morgan fingerprint density at radius 3 is 3.00 bits per heavy atom. The zero-order chi connectivity index (χ0) is 13.7. The predicted molar refractivity (Wildman–Crippen MR) is 74.5 cm³/mol. The van der Waals surface area contributed by atoms with E-state index in [1.54, 1.807) is 4.68 Å². The summed E-state index contributed by atoms with van der Waals surface area (Å²) in [5, 5.41) is 11.8. The zero-order valence-corrected chi connectivity index (χ0v) is 11.8. The number of halogens is 1. The topological polar surface area (TPSA) is 52.0 Å². The summed E-state index contributed by atoms with van der Waals surface area (Å²) in [6.45, 7) is 3.91. The normalized spacial score (nSPS) is 10.7. The van der Waals surface area contributed by atoms with Crippen LogP contribution in [0.25, 0.3) is 0 Å². The van der Waals surface area contributed by atoms with Crippen LogP contribution in [-0.4, -0.2) is 28.6 Å². The molecule has 0 saturated heterocycles. The molecule has 1 N–H and O–H groups in total. The van der Waals surface area contributed by atoms with E-state index in [4.69, 9.17) is 16.3 Å². The molecule has 0 spiro atoms. The number of aryl methyl sites for hydroxylation is 1. The van der Waals surface area contributed by atoms with Gasteiger partial charge in [0.05, 0.1) is 12.2 Å². The lowest BCUT2D eigenvalue weighted by molar-refractivity contribution is 0.288. The first kappa shape index (κ1) is 13.8. The second-order valence-corrected chi connectivity index (χ2v) is 4.70. The first-order chi connectivity index (χ1) is 9.19. The number of hydrogen-bond acceptors (Lipinski definition) is 4. The van der Waals surface area contributed by atoms with Crippen molar-refractivity contribution in [2.75, 3.05) is 13.7 Å². The Balaban J connectivity index is 1.85. The first-order valence-electron chi connectivity index (χ1n) is 6.11. The molecule has 1 heterocycles. The maximum atomic E-state index is 5.90. The number of nitrogens with one attached hydrogen (secondary N) is 1. The number of nitrogens with zero attached hydrogens (tertiary/aromatic N) is 3. The minimum absolute atomic E-state index is 0.546. The molecule has 5 nitrogen and oxygen atoms in total. The predicted octanol–water partition coefficient (Wildman–Crippen LogP) is 2.04. The molecule has 1 aromatic carbocycles. The highest BCUT2D eigenvalue weighted by molar-refractivity contribution is 6.30. The highest BCUT2D eigenvalue weighted by Gasteiger charge is 2.02. The van der Waals surface area contributed by atoms with Crippen molar-refractivity contribution >= 4 is 11.6 Å². The van der Waals surface area contributed by atoms with Crippen molar-refractivity contribution in [1.82, 2.24) is 20.3 Å². The van der Waals surface area contributed by atoms with E-state index in [1.165, 1.54) is 0 Å². The summed E-state index contributed by atoms with van der Waals surface area (Å²) >= 11 is 5.90. The molecular weight excluding hydrogens is 264 g/mol.